The number of ketones is 1. The van der Waals surface area contributed by atoms with Gasteiger partial charge in [0.15, 0.2) is 5.78 Å². The topological polar surface area (TPSA) is 97.0 Å². The zero-order valence-corrected chi connectivity index (χ0v) is 20.7. The molecule has 184 valence electrons. The lowest BCUT2D eigenvalue weighted by molar-refractivity contribution is 0.0983. The number of aromatic nitrogens is 3. The smallest absolute Gasteiger partial charge is 0.166 e. The van der Waals surface area contributed by atoms with Gasteiger partial charge in [-0.3, -0.25) is 9.78 Å². The van der Waals surface area contributed by atoms with Gasteiger partial charge in [-0.25, -0.2) is 9.97 Å². The summed E-state index contributed by atoms with van der Waals surface area (Å²) in [4.78, 5) is 28.9. The lowest BCUT2D eigenvalue weighted by atomic mass is 9.96. The van der Waals surface area contributed by atoms with E-state index >= 15 is 0 Å². The first-order valence-corrected chi connectivity index (χ1v) is 12.6. The van der Waals surface area contributed by atoms with E-state index < -0.39 is 0 Å². The van der Waals surface area contributed by atoms with Crippen LogP contribution in [0, 0.1) is 5.92 Å². The molecule has 36 heavy (non-hydrogen) atoms. The van der Waals surface area contributed by atoms with Crippen LogP contribution in [0.5, 0.6) is 0 Å². The van der Waals surface area contributed by atoms with E-state index in [1.54, 1.807) is 18.6 Å². The first-order valence-electron chi connectivity index (χ1n) is 12.6. The van der Waals surface area contributed by atoms with Gasteiger partial charge in [-0.05, 0) is 74.5 Å². The maximum Gasteiger partial charge on any atom is 0.166 e. The number of hydrogen-bond donors (Lipinski definition) is 2. The highest BCUT2D eigenvalue weighted by Gasteiger charge is 2.19. The van der Waals surface area contributed by atoms with E-state index in [9.17, 15) is 4.79 Å². The van der Waals surface area contributed by atoms with Gasteiger partial charge in [-0.1, -0.05) is 24.3 Å². The minimum absolute atomic E-state index is 0.0773. The number of rotatable bonds is 8. The molecule has 0 amide bonds. The van der Waals surface area contributed by atoms with Crippen molar-refractivity contribution in [2.24, 2.45) is 5.92 Å². The number of benzene rings is 1. The fourth-order valence-corrected chi connectivity index (χ4v) is 4.82. The molecular formula is C29H32N6O. The monoisotopic (exact) mass is 480 g/mol. The standard InChI is InChI=1S/C29H32N6O/c1-35-13-9-21(10-14-35)17-33-29-26(16-24(19-34-29)23-3-2-11-31-18-23)27(36)7-5-20-4-6-25-22(15-20)8-12-32-28(25)30/h2-4,6,8,11-12,15-16,18-19,21H,5,7,9-10,13-14,17H2,1H3,(H2,30,32)(H,33,34). The Labute approximate surface area is 211 Å². The summed E-state index contributed by atoms with van der Waals surface area (Å²) in [7, 11) is 2.17. The van der Waals surface area contributed by atoms with E-state index in [0.717, 1.165) is 59.9 Å². The van der Waals surface area contributed by atoms with Crippen LogP contribution in [0.15, 0.2) is 67.3 Å². The number of anilines is 2. The lowest BCUT2D eigenvalue weighted by Gasteiger charge is -2.29. The average Bonchev–Trinajstić information content (AvgIpc) is 2.92. The van der Waals surface area contributed by atoms with Crippen LogP contribution < -0.4 is 11.1 Å². The molecule has 0 aliphatic carbocycles. The Kier molecular flexibility index (Phi) is 7.18. The van der Waals surface area contributed by atoms with Gasteiger partial charge in [0.25, 0.3) is 0 Å². The summed E-state index contributed by atoms with van der Waals surface area (Å²) < 4.78 is 0. The molecule has 7 heteroatoms. The van der Waals surface area contributed by atoms with Crippen molar-refractivity contribution in [2.75, 3.05) is 37.7 Å². The number of hydrogen-bond acceptors (Lipinski definition) is 7. The van der Waals surface area contributed by atoms with Gasteiger partial charge >= 0.3 is 0 Å². The zero-order chi connectivity index (χ0) is 24.9. The number of nitrogen functional groups attached to an aromatic ring is 1. The van der Waals surface area contributed by atoms with Gasteiger partial charge in [-0.15, -0.1) is 0 Å². The van der Waals surface area contributed by atoms with Crippen molar-refractivity contribution in [1.82, 2.24) is 19.9 Å². The van der Waals surface area contributed by atoms with Crippen LogP contribution in [-0.4, -0.2) is 52.3 Å². The number of nitrogens with two attached hydrogens (primary N) is 1. The van der Waals surface area contributed by atoms with Crippen molar-refractivity contribution in [1.29, 1.82) is 0 Å². The molecular weight excluding hydrogens is 448 g/mol. The van der Waals surface area contributed by atoms with E-state index in [-0.39, 0.29) is 5.78 Å². The molecule has 7 nitrogen and oxygen atoms in total. The predicted molar refractivity (Wildman–Crippen MR) is 145 cm³/mol. The Bertz CT molecular complexity index is 1350. The summed E-state index contributed by atoms with van der Waals surface area (Å²) >= 11 is 0. The molecule has 0 bridgehead atoms. The summed E-state index contributed by atoms with van der Waals surface area (Å²) in [6, 6.07) is 13.9. The van der Waals surface area contributed by atoms with Gasteiger partial charge in [0.2, 0.25) is 0 Å². The van der Waals surface area contributed by atoms with Crippen molar-refractivity contribution in [3.05, 3.63) is 78.4 Å². The number of nitrogens with one attached hydrogen (secondary N) is 1. The van der Waals surface area contributed by atoms with Crippen molar-refractivity contribution >= 4 is 28.2 Å². The molecule has 5 rings (SSSR count). The number of nitrogens with zero attached hydrogens (tertiary/aromatic N) is 4. The third-order valence-corrected chi connectivity index (χ3v) is 7.08. The van der Waals surface area contributed by atoms with Gasteiger partial charge in [-0.2, -0.15) is 0 Å². The highest BCUT2D eigenvalue weighted by molar-refractivity contribution is 6.01. The fourth-order valence-electron chi connectivity index (χ4n) is 4.82. The molecule has 1 saturated heterocycles. The summed E-state index contributed by atoms with van der Waals surface area (Å²) in [5, 5.41) is 5.47. The van der Waals surface area contributed by atoms with Gasteiger partial charge in [0.1, 0.15) is 11.6 Å². The largest absolute Gasteiger partial charge is 0.383 e. The summed E-state index contributed by atoms with van der Waals surface area (Å²) in [5.41, 5.74) is 9.56. The Balaban J connectivity index is 1.35. The Morgan fingerprint density at radius 3 is 2.72 bits per heavy atom. The molecule has 3 N–H and O–H groups in total. The van der Waals surface area contributed by atoms with Crippen LogP contribution in [0.1, 0.15) is 35.2 Å². The molecule has 0 spiro atoms. The number of pyridine rings is 3. The summed E-state index contributed by atoms with van der Waals surface area (Å²) in [5.74, 6) is 1.86. The first-order chi connectivity index (χ1) is 17.6. The molecule has 1 fully saturated rings. The molecule has 4 aromatic rings. The summed E-state index contributed by atoms with van der Waals surface area (Å²) in [6.07, 6.45) is 10.4. The Hall–Kier alpha value is -3.84. The number of fused-ring (bicyclic) bond motifs is 1. The second-order valence-corrected chi connectivity index (χ2v) is 9.66. The maximum absolute atomic E-state index is 13.5. The van der Waals surface area contributed by atoms with Gasteiger partial charge in [0.05, 0.1) is 5.56 Å². The maximum atomic E-state index is 13.5. The van der Waals surface area contributed by atoms with Crippen LogP contribution in [0.3, 0.4) is 0 Å². The predicted octanol–water partition coefficient (Wildman–Crippen LogP) is 4.84. The minimum atomic E-state index is 0.0773. The zero-order valence-electron chi connectivity index (χ0n) is 20.7. The molecule has 4 heterocycles. The SMILES string of the molecule is CN1CCC(CNc2ncc(-c3cccnc3)cc2C(=O)CCc2ccc3c(N)nccc3c2)CC1. The van der Waals surface area contributed by atoms with E-state index in [2.05, 4.69) is 33.3 Å². The molecule has 1 aliphatic rings. The second kappa shape index (κ2) is 10.8. The molecule has 1 aromatic carbocycles. The number of piperidine rings is 1. The third kappa shape index (κ3) is 5.52. The molecule has 0 unspecified atom stereocenters. The number of carbonyl (C=O) groups excluding carboxylic acids is 1. The number of likely N-dealkylation sites (tertiary alicyclic amines) is 1. The summed E-state index contributed by atoms with van der Waals surface area (Å²) in [6.45, 7) is 3.05. The highest BCUT2D eigenvalue weighted by Crippen LogP contribution is 2.26. The minimum Gasteiger partial charge on any atom is -0.383 e. The van der Waals surface area contributed by atoms with Crippen LogP contribution in [-0.2, 0) is 6.42 Å². The van der Waals surface area contributed by atoms with E-state index in [0.29, 0.717) is 36.0 Å². The van der Waals surface area contributed by atoms with Crippen molar-refractivity contribution in [3.63, 3.8) is 0 Å². The van der Waals surface area contributed by atoms with Crippen LogP contribution in [0.25, 0.3) is 21.9 Å². The van der Waals surface area contributed by atoms with Crippen molar-refractivity contribution < 1.29 is 4.79 Å². The molecule has 0 radical (unpaired) electrons. The van der Waals surface area contributed by atoms with E-state index in [1.165, 1.54) is 0 Å². The molecule has 0 atom stereocenters. The normalized spacial score (nSPS) is 14.7. The fraction of sp³-hybridized carbons (Fsp3) is 0.310. The van der Waals surface area contributed by atoms with E-state index in [4.69, 9.17) is 10.7 Å². The van der Waals surface area contributed by atoms with E-state index in [1.807, 2.05) is 42.6 Å². The van der Waals surface area contributed by atoms with Gasteiger partial charge in [0, 0.05) is 54.3 Å². The Morgan fingerprint density at radius 1 is 1.06 bits per heavy atom. The second-order valence-electron chi connectivity index (χ2n) is 9.66. The molecule has 0 saturated carbocycles. The van der Waals surface area contributed by atoms with Crippen molar-refractivity contribution in [3.8, 4) is 11.1 Å². The van der Waals surface area contributed by atoms with Crippen LogP contribution in [0.2, 0.25) is 0 Å². The van der Waals surface area contributed by atoms with Crippen LogP contribution in [0.4, 0.5) is 11.6 Å². The number of aryl methyl sites for hydroxylation is 1. The van der Waals surface area contributed by atoms with Crippen molar-refractivity contribution in [2.45, 2.75) is 25.7 Å². The lowest BCUT2D eigenvalue weighted by Crippen LogP contribution is -2.33. The Morgan fingerprint density at radius 2 is 1.92 bits per heavy atom. The first kappa shape index (κ1) is 23.9. The average molecular weight is 481 g/mol. The number of Topliss-reactive ketones (excluding diaryl/α,β-unsaturated/α-hetero) is 1. The number of carbonyl (C=O) groups is 1. The third-order valence-electron chi connectivity index (χ3n) is 7.08. The molecule has 3 aromatic heterocycles. The quantitative estimate of drug-likeness (QED) is 0.348. The van der Waals surface area contributed by atoms with Gasteiger partial charge < -0.3 is 16.0 Å². The molecule has 1 aliphatic heterocycles. The van der Waals surface area contributed by atoms with Crippen LogP contribution >= 0.6 is 0 Å². The highest BCUT2D eigenvalue weighted by atomic mass is 16.1.